The van der Waals surface area contributed by atoms with Crippen LogP contribution in [0, 0.1) is 17.8 Å². The molecule has 2 aromatic rings. The van der Waals surface area contributed by atoms with Crippen LogP contribution in [0.5, 0.6) is 0 Å². The number of benzene rings is 2. The zero-order valence-corrected chi connectivity index (χ0v) is 21.5. The Morgan fingerprint density at radius 2 is 1.47 bits per heavy atom. The number of urea groups is 1. The molecule has 6 aliphatic rings. The molecule has 2 aliphatic heterocycles. The van der Waals surface area contributed by atoms with Gasteiger partial charge in [-0.15, -0.1) is 0 Å². The van der Waals surface area contributed by atoms with Gasteiger partial charge in [0.25, 0.3) is 11.8 Å². The van der Waals surface area contributed by atoms with Gasteiger partial charge >= 0.3 is 6.03 Å². The van der Waals surface area contributed by atoms with Crippen LogP contribution >= 0.6 is 0 Å². The molecule has 2 aromatic carbocycles. The number of anilines is 2. The fourth-order valence-electron chi connectivity index (χ4n) is 8.18. The van der Waals surface area contributed by atoms with Crippen molar-refractivity contribution in [2.24, 2.45) is 17.8 Å². The van der Waals surface area contributed by atoms with Gasteiger partial charge in [-0.3, -0.25) is 14.9 Å². The Kier molecular flexibility index (Phi) is 5.65. The van der Waals surface area contributed by atoms with E-state index in [4.69, 9.17) is 4.74 Å². The Morgan fingerprint density at radius 3 is 2.13 bits per heavy atom. The lowest BCUT2D eigenvalue weighted by Crippen LogP contribution is -2.54. The van der Waals surface area contributed by atoms with Crippen LogP contribution in [-0.2, 0) is 19.7 Å². The number of rotatable bonds is 4. The summed E-state index contributed by atoms with van der Waals surface area (Å²) in [6.07, 6.45) is 9.53. The first-order valence-corrected chi connectivity index (χ1v) is 13.9. The highest BCUT2D eigenvalue weighted by Crippen LogP contribution is 2.60. The van der Waals surface area contributed by atoms with Crippen molar-refractivity contribution in [3.8, 4) is 0 Å². The summed E-state index contributed by atoms with van der Waals surface area (Å²) >= 11 is 0. The average molecular weight is 512 g/mol. The fraction of sp³-hybridized carbons (Fsp3) is 0.452. The molecule has 6 fully saturated rings. The van der Waals surface area contributed by atoms with Gasteiger partial charge in [-0.2, -0.15) is 0 Å². The molecule has 4 saturated carbocycles. The molecule has 1 N–H and O–H groups in total. The van der Waals surface area contributed by atoms with Gasteiger partial charge < -0.3 is 9.64 Å². The molecule has 0 unspecified atom stereocenters. The molecule has 0 atom stereocenters. The van der Waals surface area contributed by atoms with Crippen molar-refractivity contribution in [2.45, 2.75) is 43.9 Å². The Morgan fingerprint density at radius 1 is 0.842 bits per heavy atom. The summed E-state index contributed by atoms with van der Waals surface area (Å²) < 4.78 is 5.48. The van der Waals surface area contributed by atoms with Crippen molar-refractivity contribution in [1.82, 2.24) is 5.32 Å². The SMILES string of the molecule is O=C1NC(=O)N(c2ccc(C34CC5CC(CC(C5)C3)C4)cc2)C(=O)/C1=C\c1ccccc1N1CCOCC1. The standard InChI is InChI=1S/C31H33N3O4/c35-28-26(16-23-3-1-2-4-27(23)33-9-11-38-12-10-33)29(36)34(30(37)32-28)25-7-5-24(6-8-25)31-17-20-13-21(18-31)15-22(14-20)19-31/h1-8,16,20-22H,9-15,17-19H2,(H,32,35,37)/b26-16-. The molecule has 0 radical (unpaired) electrons. The van der Waals surface area contributed by atoms with Gasteiger partial charge in [0.15, 0.2) is 0 Å². The van der Waals surface area contributed by atoms with Gasteiger partial charge in [0.05, 0.1) is 18.9 Å². The van der Waals surface area contributed by atoms with Gasteiger partial charge in [-0.1, -0.05) is 30.3 Å². The number of morpholine rings is 1. The maximum Gasteiger partial charge on any atom is 0.335 e. The first-order valence-electron chi connectivity index (χ1n) is 13.9. The van der Waals surface area contributed by atoms with E-state index in [1.54, 1.807) is 6.08 Å². The van der Waals surface area contributed by atoms with Crippen molar-refractivity contribution >= 4 is 35.3 Å². The molecule has 2 saturated heterocycles. The Bertz CT molecular complexity index is 1290. The molecule has 8 rings (SSSR count). The van der Waals surface area contributed by atoms with Crippen molar-refractivity contribution < 1.29 is 19.1 Å². The van der Waals surface area contributed by atoms with Gasteiger partial charge in [0.1, 0.15) is 5.57 Å². The minimum Gasteiger partial charge on any atom is -0.378 e. The average Bonchev–Trinajstić information content (AvgIpc) is 2.91. The zero-order valence-electron chi connectivity index (χ0n) is 21.5. The summed E-state index contributed by atoms with van der Waals surface area (Å²) in [5.74, 6) is 1.26. The number of imide groups is 2. The highest BCUT2D eigenvalue weighted by Gasteiger charge is 2.51. The molecule has 4 aliphatic carbocycles. The maximum absolute atomic E-state index is 13.6. The lowest BCUT2D eigenvalue weighted by atomic mass is 9.48. The van der Waals surface area contributed by atoms with Gasteiger partial charge in [-0.25, -0.2) is 9.69 Å². The largest absolute Gasteiger partial charge is 0.378 e. The minimum absolute atomic E-state index is 0.0459. The molecule has 196 valence electrons. The van der Waals surface area contributed by atoms with E-state index in [9.17, 15) is 14.4 Å². The Hall–Kier alpha value is -3.45. The molecule has 38 heavy (non-hydrogen) atoms. The van der Waals surface area contributed by atoms with Crippen molar-refractivity contribution in [1.29, 1.82) is 0 Å². The van der Waals surface area contributed by atoms with Crippen molar-refractivity contribution in [2.75, 3.05) is 36.1 Å². The minimum atomic E-state index is -0.707. The van der Waals surface area contributed by atoms with Crippen LogP contribution in [0.1, 0.15) is 49.7 Å². The van der Waals surface area contributed by atoms with Crippen molar-refractivity contribution in [3.05, 3.63) is 65.2 Å². The fourth-order valence-corrected chi connectivity index (χ4v) is 8.18. The first-order chi connectivity index (χ1) is 18.5. The molecule has 4 amide bonds. The van der Waals surface area contributed by atoms with Crippen LogP contribution < -0.4 is 15.1 Å². The normalized spacial score (nSPS) is 31.7. The number of barbiturate groups is 1. The van der Waals surface area contributed by atoms with E-state index >= 15 is 0 Å². The molecule has 4 bridgehead atoms. The number of hydrogen-bond donors (Lipinski definition) is 1. The second kappa shape index (κ2) is 9.09. The number of nitrogens with one attached hydrogen (secondary N) is 1. The third-order valence-corrected chi connectivity index (χ3v) is 9.47. The molecule has 7 nitrogen and oxygen atoms in total. The van der Waals surface area contributed by atoms with Crippen LogP contribution in [0.25, 0.3) is 6.08 Å². The molecule has 7 heteroatoms. The number of carbonyl (C=O) groups is 3. The van der Waals surface area contributed by atoms with E-state index in [1.165, 1.54) is 44.1 Å². The van der Waals surface area contributed by atoms with Crippen LogP contribution in [-0.4, -0.2) is 44.1 Å². The smallest absolute Gasteiger partial charge is 0.335 e. The summed E-state index contributed by atoms with van der Waals surface area (Å²) in [4.78, 5) is 42.5. The first kappa shape index (κ1) is 23.7. The van der Waals surface area contributed by atoms with Gasteiger partial charge in [-0.05, 0) is 97.1 Å². The van der Waals surface area contributed by atoms with E-state index in [1.807, 2.05) is 36.4 Å². The summed E-state index contributed by atoms with van der Waals surface area (Å²) in [5.41, 5.74) is 3.71. The number of hydrogen-bond acceptors (Lipinski definition) is 5. The lowest BCUT2D eigenvalue weighted by molar-refractivity contribution is -0.122. The van der Waals surface area contributed by atoms with E-state index in [0.717, 1.165) is 47.0 Å². The van der Waals surface area contributed by atoms with Crippen LogP contribution in [0.4, 0.5) is 16.2 Å². The summed E-state index contributed by atoms with van der Waals surface area (Å²) in [6.45, 7) is 2.74. The van der Waals surface area contributed by atoms with E-state index in [0.29, 0.717) is 18.9 Å². The highest BCUT2D eigenvalue weighted by atomic mass is 16.5. The molecule has 0 aromatic heterocycles. The van der Waals surface area contributed by atoms with Crippen molar-refractivity contribution in [3.63, 3.8) is 0 Å². The molecule has 2 heterocycles. The molecular weight excluding hydrogens is 478 g/mol. The van der Waals surface area contributed by atoms with Crippen LogP contribution in [0.3, 0.4) is 0 Å². The number of para-hydroxylation sites is 1. The predicted molar refractivity (Wildman–Crippen MR) is 145 cm³/mol. The number of carbonyl (C=O) groups excluding carboxylic acids is 3. The number of nitrogens with zero attached hydrogens (tertiary/aromatic N) is 2. The Balaban J connectivity index is 1.18. The molecular formula is C31H33N3O4. The molecule has 0 spiro atoms. The number of amides is 4. The predicted octanol–water partition coefficient (Wildman–Crippen LogP) is 4.66. The van der Waals surface area contributed by atoms with E-state index in [-0.39, 0.29) is 11.0 Å². The second-order valence-electron chi connectivity index (χ2n) is 11.9. The third-order valence-electron chi connectivity index (χ3n) is 9.47. The quantitative estimate of drug-likeness (QED) is 0.477. The Labute approximate surface area is 222 Å². The van der Waals surface area contributed by atoms with Crippen LogP contribution in [0.2, 0.25) is 0 Å². The summed E-state index contributed by atoms with van der Waals surface area (Å²) in [5, 5.41) is 2.38. The summed E-state index contributed by atoms with van der Waals surface area (Å²) in [6, 6.07) is 15.0. The topological polar surface area (TPSA) is 79.0 Å². The zero-order chi connectivity index (χ0) is 25.9. The maximum atomic E-state index is 13.6. The van der Waals surface area contributed by atoms with E-state index in [2.05, 4.69) is 22.3 Å². The van der Waals surface area contributed by atoms with E-state index < -0.39 is 17.8 Å². The van der Waals surface area contributed by atoms with Gasteiger partial charge in [0, 0.05) is 18.8 Å². The van der Waals surface area contributed by atoms with Gasteiger partial charge in [0.2, 0.25) is 0 Å². The monoisotopic (exact) mass is 511 g/mol. The third kappa shape index (κ3) is 3.95. The highest BCUT2D eigenvalue weighted by molar-refractivity contribution is 6.39. The summed E-state index contributed by atoms with van der Waals surface area (Å²) in [7, 11) is 0. The second-order valence-corrected chi connectivity index (χ2v) is 11.9. The lowest BCUT2D eigenvalue weighted by Gasteiger charge is -2.57. The number of ether oxygens (including phenoxy) is 1. The van der Waals surface area contributed by atoms with Crippen LogP contribution in [0.15, 0.2) is 54.1 Å².